The molecule has 0 radical (unpaired) electrons. The lowest BCUT2D eigenvalue weighted by molar-refractivity contribution is 0.102. The maximum atomic E-state index is 14.9. The highest BCUT2D eigenvalue weighted by Crippen LogP contribution is 2.27. The largest absolute Gasteiger partial charge is 0.352 e. The average Bonchev–Trinajstić information content (AvgIpc) is 3.48. The van der Waals surface area contributed by atoms with Crippen molar-refractivity contribution in [2.24, 2.45) is 0 Å². The third-order valence-electron chi connectivity index (χ3n) is 6.35. The Bertz CT molecular complexity index is 1390. The fraction of sp³-hybridized carbons (Fsp3) is 0.240. The Labute approximate surface area is 195 Å². The summed E-state index contributed by atoms with van der Waals surface area (Å²) >= 11 is 0. The van der Waals surface area contributed by atoms with Crippen molar-refractivity contribution < 1.29 is 9.18 Å². The van der Waals surface area contributed by atoms with Crippen LogP contribution in [-0.2, 0) is 25.9 Å². The summed E-state index contributed by atoms with van der Waals surface area (Å²) in [6.45, 7) is 2.17. The van der Waals surface area contributed by atoms with Gasteiger partial charge in [0.25, 0.3) is 5.91 Å². The molecule has 0 fully saturated rings. The second-order valence-electron chi connectivity index (χ2n) is 8.52. The highest BCUT2D eigenvalue weighted by atomic mass is 19.1. The lowest BCUT2D eigenvalue weighted by atomic mass is 9.96. The minimum absolute atomic E-state index is 0.00260. The van der Waals surface area contributed by atoms with E-state index < -0.39 is 11.7 Å². The van der Waals surface area contributed by atoms with Crippen LogP contribution in [0.4, 0.5) is 16.0 Å². The lowest BCUT2D eigenvalue weighted by Crippen LogP contribution is -2.31. The molecule has 0 saturated heterocycles. The molecule has 1 aromatic carbocycles. The number of aryl methyl sites for hydroxylation is 1. The topological polar surface area (TPSA) is 88.8 Å². The first-order valence-electron chi connectivity index (χ1n) is 11.3. The van der Waals surface area contributed by atoms with Crippen molar-refractivity contribution in [2.45, 2.75) is 32.4 Å². The molecule has 0 unspecified atom stereocenters. The van der Waals surface area contributed by atoms with Crippen molar-refractivity contribution in [3.05, 3.63) is 83.1 Å². The number of halogens is 1. The molecule has 3 aromatic heterocycles. The molecule has 1 amide bonds. The Balaban J connectivity index is 1.24. The molecule has 5 heterocycles. The number of fused-ring (bicyclic) bond motifs is 2. The van der Waals surface area contributed by atoms with Gasteiger partial charge in [0.1, 0.15) is 29.0 Å². The second kappa shape index (κ2) is 8.33. The third-order valence-corrected chi connectivity index (χ3v) is 6.35. The molecule has 2 aliphatic rings. The van der Waals surface area contributed by atoms with Crippen LogP contribution in [0, 0.1) is 5.82 Å². The molecule has 9 heteroatoms. The van der Waals surface area contributed by atoms with E-state index in [2.05, 4.69) is 30.4 Å². The van der Waals surface area contributed by atoms with E-state index in [1.54, 1.807) is 24.4 Å². The molecule has 0 spiro atoms. The summed E-state index contributed by atoms with van der Waals surface area (Å²) in [5.41, 5.74) is 2.46. The maximum Gasteiger partial charge on any atom is 0.259 e. The first-order valence-corrected chi connectivity index (χ1v) is 11.3. The molecule has 1 N–H and O–H groups in total. The van der Waals surface area contributed by atoms with E-state index in [0.717, 1.165) is 48.7 Å². The number of anilines is 2. The van der Waals surface area contributed by atoms with Crippen LogP contribution in [0.1, 0.15) is 33.7 Å². The smallest absolute Gasteiger partial charge is 0.259 e. The SMILES string of the molecule is O=C(Nc1cccc(-c2nnc3n2CCC3)n1)c1cc2c(cc1F)CCN(c1ccccn1)C2. The zero-order valence-corrected chi connectivity index (χ0v) is 18.4. The molecule has 0 bridgehead atoms. The predicted molar refractivity (Wildman–Crippen MR) is 125 cm³/mol. The first kappa shape index (κ1) is 20.5. The van der Waals surface area contributed by atoms with Crippen LogP contribution in [-0.4, -0.2) is 37.2 Å². The molecule has 0 saturated carbocycles. The van der Waals surface area contributed by atoms with Gasteiger partial charge in [-0.15, -0.1) is 10.2 Å². The number of pyridine rings is 2. The van der Waals surface area contributed by atoms with Gasteiger partial charge in [-0.25, -0.2) is 14.4 Å². The Hall–Kier alpha value is -4.14. The number of carbonyl (C=O) groups is 1. The fourth-order valence-electron chi connectivity index (χ4n) is 4.64. The van der Waals surface area contributed by atoms with Gasteiger partial charge in [-0.1, -0.05) is 12.1 Å². The summed E-state index contributed by atoms with van der Waals surface area (Å²) in [4.78, 5) is 24.1. The average molecular weight is 455 g/mol. The summed E-state index contributed by atoms with van der Waals surface area (Å²) in [7, 11) is 0. The van der Waals surface area contributed by atoms with Gasteiger partial charge in [-0.05, 0) is 60.4 Å². The fourth-order valence-corrected chi connectivity index (χ4v) is 4.64. The van der Waals surface area contributed by atoms with E-state index in [-0.39, 0.29) is 5.56 Å². The monoisotopic (exact) mass is 455 g/mol. The van der Waals surface area contributed by atoms with Crippen LogP contribution in [0.5, 0.6) is 0 Å². The van der Waals surface area contributed by atoms with E-state index in [1.165, 1.54) is 6.07 Å². The summed E-state index contributed by atoms with van der Waals surface area (Å²) in [6.07, 6.45) is 4.38. The van der Waals surface area contributed by atoms with Crippen LogP contribution >= 0.6 is 0 Å². The van der Waals surface area contributed by atoms with Gasteiger partial charge in [-0.2, -0.15) is 0 Å². The molecular formula is C25H22FN7O. The van der Waals surface area contributed by atoms with Gasteiger partial charge in [0.15, 0.2) is 5.82 Å². The standard InChI is InChI=1S/C25H22FN7O/c26-19-14-16-9-12-32(22-7-1-2-10-27-22)15-17(16)13-18(19)25(34)29-21-6-3-5-20(28-21)24-31-30-23-8-4-11-33(23)24/h1-3,5-7,10,13-14H,4,8-9,11-12,15H2,(H,28,29,34). The van der Waals surface area contributed by atoms with Gasteiger partial charge >= 0.3 is 0 Å². The summed E-state index contributed by atoms with van der Waals surface area (Å²) in [5, 5.41) is 11.2. The van der Waals surface area contributed by atoms with Crippen LogP contribution in [0.15, 0.2) is 54.7 Å². The quantitative estimate of drug-likeness (QED) is 0.506. The molecular weight excluding hydrogens is 433 g/mol. The molecule has 0 atom stereocenters. The van der Waals surface area contributed by atoms with Crippen molar-refractivity contribution in [2.75, 3.05) is 16.8 Å². The number of benzene rings is 1. The maximum absolute atomic E-state index is 14.9. The number of nitrogens with one attached hydrogen (secondary N) is 1. The molecule has 34 heavy (non-hydrogen) atoms. The number of hydrogen-bond donors (Lipinski definition) is 1. The molecule has 8 nitrogen and oxygen atoms in total. The Morgan fingerprint density at radius 2 is 1.94 bits per heavy atom. The van der Waals surface area contributed by atoms with E-state index in [9.17, 15) is 9.18 Å². The number of nitrogens with zero attached hydrogens (tertiary/aromatic N) is 6. The Morgan fingerprint density at radius 1 is 1.00 bits per heavy atom. The predicted octanol–water partition coefficient (Wildman–Crippen LogP) is 3.64. The minimum Gasteiger partial charge on any atom is -0.352 e. The number of aromatic nitrogens is 5. The molecule has 4 aromatic rings. The number of amides is 1. The zero-order valence-electron chi connectivity index (χ0n) is 18.4. The third kappa shape index (κ3) is 3.68. The lowest BCUT2D eigenvalue weighted by Gasteiger charge is -2.30. The van der Waals surface area contributed by atoms with Crippen LogP contribution < -0.4 is 10.2 Å². The van der Waals surface area contributed by atoms with Crippen molar-refractivity contribution in [1.82, 2.24) is 24.7 Å². The summed E-state index contributed by atoms with van der Waals surface area (Å²) in [5.74, 6) is 1.76. The zero-order chi connectivity index (χ0) is 23.1. The number of carbonyl (C=O) groups excluding carboxylic acids is 1. The summed E-state index contributed by atoms with van der Waals surface area (Å²) in [6, 6.07) is 14.2. The number of hydrogen-bond acceptors (Lipinski definition) is 6. The molecule has 0 aliphatic carbocycles. The molecule has 2 aliphatic heterocycles. The Kier molecular flexibility index (Phi) is 5.01. The minimum atomic E-state index is -0.536. The second-order valence-corrected chi connectivity index (χ2v) is 8.52. The molecule has 170 valence electrons. The first-order chi connectivity index (χ1) is 16.7. The van der Waals surface area contributed by atoms with E-state index in [0.29, 0.717) is 30.3 Å². The van der Waals surface area contributed by atoms with Gasteiger partial charge in [0.2, 0.25) is 0 Å². The van der Waals surface area contributed by atoms with Crippen molar-refractivity contribution in [3.63, 3.8) is 0 Å². The van der Waals surface area contributed by atoms with E-state index >= 15 is 0 Å². The van der Waals surface area contributed by atoms with Gasteiger partial charge in [-0.3, -0.25) is 4.79 Å². The number of rotatable bonds is 4. The van der Waals surface area contributed by atoms with Crippen molar-refractivity contribution >= 4 is 17.5 Å². The van der Waals surface area contributed by atoms with E-state index in [1.807, 2.05) is 28.8 Å². The highest BCUT2D eigenvalue weighted by molar-refractivity contribution is 6.04. The van der Waals surface area contributed by atoms with Gasteiger partial charge in [0, 0.05) is 32.3 Å². The highest BCUT2D eigenvalue weighted by Gasteiger charge is 2.23. The molecule has 6 rings (SSSR count). The van der Waals surface area contributed by atoms with Crippen LogP contribution in [0.25, 0.3) is 11.5 Å². The van der Waals surface area contributed by atoms with E-state index in [4.69, 9.17) is 0 Å². The van der Waals surface area contributed by atoms with Crippen LogP contribution in [0.3, 0.4) is 0 Å². The van der Waals surface area contributed by atoms with Crippen molar-refractivity contribution in [1.29, 1.82) is 0 Å². The van der Waals surface area contributed by atoms with Crippen molar-refractivity contribution in [3.8, 4) is 11.5 Å². The van der Waals surface area contributed by atoms with Gasteiger partial charge in [0.05, 0.1) is 5.56 Å². The van der Waals surface area contributed by atoms with Gasteiger partial charge < -0.3 is 14.8 Å². The van der Waals surface area contributed by atoms with Crippen LogP contribution in [0.2, 0.25) is 0 Å². The normalized spacial score (nSPS) is 14.6. The Morgan fingerprint density at radius 3 is 2.82 bits per heavy atom. The summed E-state index contributed by atoms with van der Waals surface area (Å²) < 4.78 is 16.9.